The monoisotopic (exact) mass is 393 g/mol. The lowest BCUT2D eigenvalue weighted by Crippen LogP contribution is -2.18. The molecule has 144 valence electrons. The van der Waals surface area contributed by atoms with Crippen molar-refractivity contribution in [1.82, 2.24) is 4.83 Å². The average Bonchev–Trinajstić information content (AvgIpc) is 2.63. The van der Waals surface area contributed by atoms with Gasteiger partial charge in [0.1, 0.15) is 5.75 Å². The summed E-state index contributed by atoms with van der Waals surface area (Å²) < 4.78 is 34.8. The molecule has 0 radical (unpaired) electrons. The van der Waals surface area contributed by atoms with Gasteiger partial charge in [0.2, 0.25) is 5.75 Å². The highest BCUT2D eigenvalue weighted by molar-refractivity contribution is 7.89. The van der Waals surface area contributed by atoms with Crippen molar-refractivity contribution >= 4 is 21.9 Å². The van der Waals surface area contributed by atoms with Crippen LogP contribution in [0.2, 0.25) is 0 Å². The van der Waals surface area contributed by atoms with Gasteiger partial charge in [-0.2, -0.15) is 13.5 Å². The first kappa shape index (κ1) is 20.2. The molecular formula is C17H19N3O6S. The van der Waals surface area contributed by atoms with Gasteiger partial charge in [0.15, 0.2) is 0 Å². The number of hydrazone groups is 1. The number of methoxy groups -OCH3 is 2. The third kappa shape index (κ3) is 4.53. The van der Waals surface area contributed by atoms with E-state index in [1.54, 1.807) is 13.0 Å². The molecule has 0 aliphatic heterocycles. The van der Waals surface area contributed by atoms with E-state index in [0.29, 0.717) is 0 Å². The molecule has 0 aromatic heterocycles. The Bertz CT molecular complexity index is 1000. The minimum atomic E-state index is -3.88. The standard InChI is InChI=1S/C17H19N3O6S/c1-11-5-6-14(7-12(11)2)27(23,24)19-18-10-13-8-15(20(21)22)17(26-4)9-16(13)25-3/h5-10,19H,1-4H3/b18-10+. The molecule has 27 heavy (non-hydrogen) atoms. The van der Waals surface area contributed by atoms with Crippen LogP contribution in [-0.2, 0) is 10.0 Å². The summed E-state index contributed by atoms with van der Waals surface area (Å²) in [7, 11) is -1.20. The quantitative estimate of drug-likeness (QED) is 0.438. The molecule has 0 saturated carbocycles. The van der Waals surface area contributed by atoms with Crippen molar-refractivity contribution in [3.63, 3.8) is 0 Å². The lowest BCUT2D eigenvalue weighted by molar-refractivity contribution is -0.385. The number of nitro benzene ring substituents is 1. The summed E-state index contributed by atoms with van der Waals surface area (Å²) in [6.07, 6.45) is 1.13. The summed E-state index contributed by atoms with van der Waals surface area (Å²) in [6, 6.07) is 7.22. The molecule has 10 heteroatoms. The molecule has 0 unspecified atom stereocenters. The maximum atomic E-state index is 12.3. The molecule has 0 bridgehead atoms. The van der Waals surface area contributed by atoms with Crippen LogP contribution in [0.15, 0.2) is 40.3 Å². The summed E-state index contributed by atoms with van der Waals surface area (Å²) in [6.45, 7) is 3.68. The van der Waals surface area contributed by atoms with Crippen LogP contribution < -0.4 is 14.3 Å². The van der Waals surface area contributed by atoms with Crippen LogP contribution in [0.25, 0.3) is 0 Å². The van der Waals surface area contributed by atoms with E-state index in [1.807, 2.05) is 6.92 Å². The molecule has 2 rings (SSSR count). The number of hydrogen-bond donors (Lipinski definition) is 1. The second-order valence-corrected chi connectivity index (χ2v) is 7.28. The maximum Gasteiger partial charge on any atom is 0.311 e. The first-order chi connectivity index (χ1) is 12.7. The number of nitrogens with zero attached hydrogens (tertiary/aromatic N) is 2. The van der Waals surface area contributed by atoms with Crippen molar-refractivity contribution in [3.8, 4) is 11.5 Å². The maximum absolute atomic E-state index is 12.3. The zero-order chi connectivity index (χ0) is 20.2. The number of sulfonamides is 1. The van der Waals surface area contributed by atoms with E-state index in [4.69, 9.17) is 9.47 Å². The Balaban J connectivity index is 2.33. The first-order valence-corrected chi connectivity index (χ1v) is 9.20. The SMILES string of the molecule is COc1cc(OC)c([N+](=O)[O-])cc1/C=N/NS(=O)(=O)c1ccc(C)c(C)c1. The Labute approximate surface area is 156 Å². The van der Waals surface area contributed by atoms with Crippen LogP contribution in [-0.4, -0.2) is 33.8 Å². The zero-order valence-corrected chi connectivity index (χ0v) is 16.0. The predicted octanol–water partition coefficient (Wildman–Crippen LogP) is 2.54. The molecule has 0 heterocycles. The second-order valence-electron chi connectivity index (χ2n) is 5.62. The zero-order valence-electron chi connectivity index (χ0n) is 15.2. The van der Waals surface area contributed by atoms with Crippen LogP contribution >= 0.6 is 0 Å². The molecule has 0 fully saturated rings. The van der Waals surface area contributed by atoms with Crippen molar-refractivity contribution < 1.29 is 22.8 Å². The van der Waals surface area contributed by atoms with Crippen molar-refractivity contribution in [3.05, 3.63) is 57.1 Å². The van der Waals surface area contributed by atoms with Crippen LogP contribution in [0.3, 0.4) is 0 Å². The van der Waals surface area contributed by atoms with E-state index in [1.165, 1.54) is 38.5 Å². The topological polar surface area (TPSA) is 120 Å². The Morgan fingerprint density at radius 3 is 2.30 bits per heavy atom. The Morgan fingerprint density at radius 2 is 1.74 bits per heavy atom. The van der Waals surface area contributed by atoms with E-state index in [9.17, 15) is 18.5 Å². The highest BCUT2D eigenvalue weighted by Crippen LogP contribution is 2.33. The van der Waals surface area contributed by atoms with E-state index < -0.39 is 14.9 Å². The summed E-state index contributed by atoms with van der Waals surface area (Å²) in [4.78, 5) is 12.7. The Hall–Kier alpha value is -3.14. The van der Waals surface area contributed by atoms with Crippen molar-refractivity contribution in [2.75, 3.05) is 14.2 Å². The van der Waals surface area contributed by atoms with Gasteiger partial charge < -0.3 is 9.47 Å². The number of nitrogens with one attached hydrogen (secondary N) is 1. The van der Waals surface area contributed by atoms with Gasteiger partial charge in [-0.05, 0) is 37.1 Å². The lowest BCUT2D eigenvalue weighted by atomic mass is 10.1. The van der Waals surface area contributed by atoms with E-state index in [2.05, 4.69) is 9.93 Å². The molecular weight excluding hydrogens is 374 g/mol. The minimum Gasteiger partial charge on any atom is -0.496 e. The number of aryl methyl sites for hydroxylation is 2. The Morgan fingerprint density at radius 1 is 1.07 bits per heavy atom. The summed E-state index contributed by atoms with van der Waals surface area (Å²) in [5, 5.41) is 14.8. The van der Waals surface area contributed by atoms with Gasteiger partial charge in [-0.25, -0.2) is 4.83 Å². The minimum absolute atomic E-state index is 0.0183. The van der Waals surface area contributed by atoms with Crippen molar-refractivity contribution in [1.29, 1.82) is 0 Å². The second kappa shape index (κ2) is 8.04. The molecule has 1 N–H and O–H groups in total. The average molecular weight is 393 g/mol. The highest BCUT2D eigenvalue weighted by atomic mass is 32.2. The fraction of sp³-hybridized carbons (Fsp3) is 0.235. The van der Waals surface area contributed by atoms with Gasteiger partial charge in [0.25, 0.3) is 10.0 Å². The number of ether oxygens (including phenoxy) is 2. The normalized spacial score (nSPS) is 11.4. The largest absolute Gasteiger partial charge is 0.496 e. The summed E-state index contributed by atoms with van der Waals surface area (Å²) in [5.41, 5.74) is 1.71. The molecule has 0 spiro atoms. The van der Waals surface area contributed by atoms with E-state index >= 15 is 0 Å². The summed E-state index contributed by atoms with van der Waals surface area (Å²) in [5.74, 6) is 0.260. The first-order valence-electron chi connectivity index (χ1n) is 7.72. The molecule has 0 atom stereocenters. The fourth-order valence-corrected chi connectivity index (χ4v) is 3.12. The highest BCUT2D eigenvalue weighted by Gasteiger charge is 2.19. The predicted molar refractivity (Wildman–Crippen MR) is 100 cm³/mol. The lowest BCUT2D eigenvalue weighted by Gasteiger charge is -2.09. The van der Waals surface area contributed by atoms with E-state index in [-0.39, 0.29) is 27.6 Å². The number of hydrogen-bond acceptors (Lipinski definition) is 7. The van der Waals surface area contributed by atoms with Crippen molar-refractivity contribution in [2.24, 2.45) is 5.10 Å². The Kier molecular flexibility index (Phi) is 6.01. The fourth-order valence-electron chi connectivity index (χ4n) is 2.25. The van der Waals surface area contributed by atoms with Crippen molar-refractivity contribution in [2.45, 2.75) is 18.7 Å². The summed E-state index contributed by atoms with van der Waals surface area (Å²) >= 11 is 0. The molecule has 2 aromatic carbocycles. The van der Waals surface area contributed by atoms with Crippen LogP contribution in [0, 0.1) is 24.0 Å². The van der Waals surface area contributed by atoms with Gasteiger partial charge in [-0.1, -0.05) is 6.07 Å². The third-order valence-corrected chi connectivity index (χ3v) is 5.11. The van der Waals surface area contributed by atoms with Gasteiger partial charge in [0.05, 0.1) is 30.3 Å². The molecule has 2 aromatic rings. The van der Waals surface area contributed by atoms with Gasteiger partial charge in [-0.3, -0.25) is 10.1 Å². The van der Waals surface area contributed by atoms with Gasteiger partial charge in [0, 0.05) is 17.7 Å². The number of nitro groups is 1. The molecule has 0 saturated heterocycles. The van der Waals surface area contributed by atoms with Gasteiger partial charge >= 0.3 is 5.69 Å². The van der Waals surface area contributed by atoms with E-state index in [0.717, 1.165) is 17.3 Å². The number of benzene rings is 2. The van der Waals surface area contributed by atoms with Crippen LogP contribution in [0.5, 0.6) is 11.5 Å². The van der Waals surface area contributed by atoms with Crippen LogP contribution in [0.1, 0.15) is 16.7 Å². The molecule has 0 aliphatic rings. The smallest absolute Gasteiger partial charge is 0.311 e. The van der Waals surface area contributed by atoms with Crippen LogP contribution in [0.4, 0.5) is 5.69 Å². The third-order valence-electron chi connectivity index (χ3n) is 3.89. The molecule has 0 amide bonds. The molecule has 0 aliphatic carbocycles. The number of rotatable bonds is 7. The molecule has 9 nitrogen and oxygen atoms in total. The van der Waals surface area contributed by atoms with Gasteiger partial charge in [-0.15, -0.1) is 0 Å².